The van der Waals surface area contributed by atoms with E-state index in [9.17, 15) is 14.4 Å². The van der Waals surface area contributed by atoms with Gasteiger partial charge in [0.2, 0.25) is 0 Å². The van der Waals surface area contributed by atoms with E-state index in [0.717, 1.165) is 12.0 Å². The fraction of sp³-hybridized carbons (Fsp3) is 0.381. The highest BCUT2D eigenvalue weighted by molar-refractivity contribution is 5.82. The Morgan fingerprint density at radius 2 is 1.90 bits per heavy atom. The van der Waals surface area contributed by atoms with Crippen molar-refractivity contribution >= 4 is 17.8 Å². The number of carbonyl (C=O) groups is 3. The molecule has 0 fully saturated rings. The van der Waals surface area contributed by atoms with Gasteiger partial charge < -0.3 is 24.8 Å². The summed E-state index contributed by atoms with van der Waals surface area (Å²) in [5.74, 6) is -0.801. The van der Waals surface area contributed by atoms with Gasteiger partial charge in [0, 0.05) is 0 Å². The first-order valence-electron chi connectivity index (χ1n) is 9.26. The molecule has 1 amide bonds. The van der Waals surface area contributed by atoms with E-state index < -0.39 is 18.0 Å². The molecule has 158 valence electrons. The standard InChI is InChI=1S/C21H28N2O6/c1-4-6-11-23-19(24)15-28-17-9-7-16(8-10-17)14-29-20(25)13-18(22-3)21(26)27-12-5-2/h5-11,18,22H,2,4,12-15H2,1,3H3,(H,23,24)/b11-6+. The summed E-state index contributed by atoms with van der Waals surface area (Å²) in [7, 11) is 1.56. The number of amides is 1. The topological polar surface area (TPSA) is 103 Å². The number of hydrogen-bond acceptors (Lipinski definition) is 7. The monoisotopic (exact) mass is 404 g/mol. The van der Waals surface area contributed by atoms with Gasteiger partial charge in [0.25, 0.3) is 5.91 Å². The molecule has 0 aromatic heterocycles. The van der Waals surface area contributed by atoms with Gasteiger partial charge in [-0.2, -0.15) is 0 Å². The van der Waals surface area contributed by atoms with E-state index in [1.54, 1.807) is 37.5 Å². The number of carbonyl (C=O) groups excluding carboxylic acids is 3. The fourth-order valence-corrected chi connectivity index (χ4v) is 2.08. The molecule has 0 spiro atoms. The molecule has 8 nitrogen and oxygen atoms in total. The van der Waals surface area contributed by atoms with E-state index in [0.29, 0.717) is 5.75 Å². The van der Waals surface area contributed by atoms with Crippen LogP contribution in [-0.2, 0) is 30.5 Å². The molecule has 0 heterocycles. The van der Waals surface area contributed by atoms with Crippen LogP contribution in [0.5, 0.6) is 5.75 Å². The molecule has 0 saturated carbocycles. The minimum absolute atomic E-state index is 0.0551. The highest BCUT2D eigenvalue weighted by atomic mass is 16.5. The molecule has 0 aliphatic rings. The summed E-state index contributed by atoms with van der Waals surface area (Å²) >= 11 is 0. The minimum Gasteiger partial charge on any atom is -0.484 e. The van der Waals surface area contributed by atoms with E-state index in [2.05, 4.69) is 17.2 Å². The van der Waals surface area contributed by atoms with Crippen molar-refractivity contribution in [3.8, 4) is 5.75 Å². The normalized spacial score (nSPS) is 11.5. The number of esters is 2. The smallest absolute Gasteiger partial charge is 0.324 e. The van der Waals surface area contributed by atoms with Gasteiger partial charge in [-0.25, -0.2) is 0 Å². The number of nitrogens with one attached hydrogen (secondary N) is 2. The van der Waals surface area contributed by atoms with Crippen LogP contribution in [0.25, 0.3) is 0 Å². The van der Waals surface area contributed by atoms with Crippen LogP contribution in [0.3, 0.4) is 0 Å². The van der Waals surface area contributed by atoms with Gasteiger partial charge in [-0.15, -0.1) is 0 Å². The molecule has 1 rings (SSSR count). The van der Waals surface area contributed by atoms with E-state index in [-0.39, 0.29) is 32.1 Å². The van der Waals surface area contributed by atoms with Crippen LogP contribution in [0, 0.1) is 0 Å². The Balaban J connectivity index is 2.40. The molecular weight excluding hydrogens is 376 g/mol. The number of rotatable bonds is 13. The van der Waals surface area contributed by atoms with Crippen LogP contribution in [-0.4, -0.2) is 44.1 Å². The van der Waals surface area contributed by atoms with Crippen LogP contribution >= 0.6 is 0 Å². The van der Waals surface area contributed by atoms with Crippen LogP contribution in [0.4, 0.5) is 0 Å². The van der Waals surface area contributed by atoms with E-state index >= 15 is 0 Å². The highest BCUT2D eigenvalue weighted by Crippen LogP contribution is 2.13. The Morgan fingerprint density at radius 1 is 1.17 bits per heavy atom. The quantitative estimate of drug-likeness (QED) is 0.382. The molecule has 0 aliphatic carbocycles. The predicted octanol–water partition coefficient (Wildman–Crippen LogP) is 1.86. The van der Waals surface area contributed by atoms with Crippen molar-refractivity contribution in [3.05, 3.63) is 54.8 Å². The molecule has 0 aliphatic heterocycles. The SMILES string of the molecule is C=CCOC(=O)C(CC(=O)OCc1ccc(OCC(=O)N/C=C/CC)cc1)NC. The molecular formula is C21H28N2O6. The van der Waals surface area contributed by atoms with Crippen molar-refractivity contribution in [2.24, 2.45) is 0 Å². The van der Waals surface area contributed by atoms with Gasteiger partial charge in [0.05, 0.1) is 6.42 Å². The maximum absolute atomic E-state index is 12.0. The zero-order chi connectivity index (χ0) is 21.5. The van der Waals surface area contributed by atoms with Gasteiger partial charge in [-0.1, -0.05) is 37.8 Å². The van der Waals surface area contributed by atoms with Gasteiger partial charge in [-0.3, -0.25) is 14.4 Å². The molecule has 29 heavy (non-hydrogen) atoms. The van der Waals surface area contributed by atoms with Crippen molar-refractivity contribution in [2.75, 3.05) is 20.3 Å². The van der Waals surface area contributed by atoms with Crippen LogP contribution < -0.4 is 15.4 Å². The summed E-state index contributed by atoms with van der Waals surface area (Å²) in [6.45, 7) is 5.46. The minimum atomic E-state index is -0.781. The third kappa shape index (κ3) is 10.1. The molecule has 8 heteroatoms. The third-order valence-corrected chi connectivity index (χ3v) is 3.64. The van der Waals surface area contributed by atoms with Crippen molar-refractivity contribution in [2.45, 2.75) is 32.4 Å². The van der Waals surface area contributed by atoms with Crippen molar-refractivity contribution < 1.29 is 28.6 Å². The number of benzene rings is 1. The first-order valence-corrected chi connectivity index (χ1v) is 9.26. The van der Waals surface area contributed by atoms with Gasteiger partial charge in [0.15, 0.2) is 6.61 Å². The predicted molar refractivity (Wildman–Crippen MR) is 108 cm³/mol. The lowest BCUT2D eigenvalue weighted by molar-refractivity contribution is -0.152. The Labute approximate surface area is 170 Å². The highest BCUT2D eigenvalue weighted by Gasteiger charge is 2.22. The second-order valence-electron chi connectivity index (χ2n) is 5.94. The second kappa shape index (κ2) is 14.0. The van der Waals surface area contributed by atoms with Crippen LogP contribution in [0.2, 0.25) is 0 Å². The molecule has 0 radical (unpaired) electrons. The Kier molecular flexibility index (Phi) is 11.5. The lowest BCUT2D eigenvalue weighted by Crippen LogP contribution is -2.37. The van der Waals surface area contributed by atoms with Crippen molar-refractivity contribution in [1.29, 1.82) is 0 Å². The Hall–Kier alpha value is -3.13. The molecule has 1 aromatic rings. The number of likely N-dealkylation sites (N-methyl/N-ethyl adjacent to an activating group) is 1. The zero-order valence-electron chi connectivity index (χ0n) is 16.8. The molecule has 0 bridgehead atoms. The maximum Gasteiger partial charge on any atom is 0.324 e. The lowest BCUT2D eigenvalue weighted by Gasteiger charge is -2.14. The molecule has 2 N–H and O–H groups in total. The zero-order valence-corrected chi connectivity index (χ0v) is 16.8. The number of hydrogen-bond donors (Lipinski definition) is 2. The molecule has 1 aromatic carbocycles. The van der Waals surface area contributed by atoms with Gasteiger partial charge >= 0.3 is 11.9 Å². The van der Waals surface area contributed by atoms with Gasteiger partial charge in [-0.05, 0) is 37.4 Å². The number of allylic oxidation sites excluding steroid dienone is 1. The average Bonchev–Trinajstić information content (AvgIpc) is 2.73. The molecule has 1 unspecified atom stereocenters. The lowest BCUT2D eigenvalue weighted by atomic mass is 10.2. The van der Waals surface area contributed by atoms with Crippen LogP contribution in [0.15, 0.2) is 49.2 Å². The average molecular weight is 404 g/mol. The fourth-order valence-electron chi connectivity index (χ4n) is 2.08. The summed E-state index contributed by atoms with van der Waals surface area (Å²) in [5, 5.41) is 5.32. The van der Waals surface area contributed by atoms with Crippen molar-refractivity contribution in [3.63, 3.8) is 0 Å². The Bertz CT molecular complexity index is 700. The molecule has 1 atom stereocenters. The molecule has 0 saturated heterocycles. The van der Waals surface area contributed by atoms with Crippen molar-refractivity contribution in [1.82, 2.24) is 10.6 Å². The summed E-state index contributed by atoms with van der Waals surface area (Å²) in [6, 6.07) is 6.04. The van der Waals surface area contributed by atoms with Crippen LogP contribution in [0.1, 0.15) is 25.3 Å². The summed E-state index contributed by atoms with van der Waals surface area (Å²) in [5.41, 5.74) is 0.747. The van der Waals surface area contributed by atoms with Gasteiger partial charge in [0.1, 0.15) is 25.0 Å². The first kappa shape index (κ1) is 23.9. The summed E-state index contributed by atoms with van der Waals surface area (Å²) < 4.78 is 15.5. The maximum atomic E-state index is 12.0. The Morgan fingerprint density at radius 3 is 2.52 bits per heavy atom. The van der Waals surface area contributed by atoms with E-state index in [1.807, 2.05) is 13.0 Å². The number of ether oxygens (including phenoxy) is 3. The largest absolute Gasteiger partial charge is 0.484 e. The van der Waals surface area contributed by atoms with E-state index in [1.165, 1.54) is 6.08 Å². The van der Waals surface area contributed by atoms with E-state index in [4.69, 9.17) is 14.2 Å². The second-order valence-corrected chi connectivity index (χ2v) is 5.94. The third-order valence-electron chi connectivity index (χ3n) is 3.64. The summed E-state index contributed by atoms with van der Waals surface area (Å²) in [4.78, 5) is 35.3. The summed E-state index contributed by atoms with van der Waals surface area (Å²) in [6.07, 6.45) is 5.56. The first-order chi connectivity index (χ1) is 14.0.